The number of hydrogen-bond acceptors (Lipinski definition) is 3. The zero-order valence-corrected chi connectivity index (χ0v) is 14.6. The Bertz CT molecular complexity index is 871. The number of amides is 1. The first-order chi connectivity index (χ1) is 10.8. The van der Waals surface area contributed by atoms with Gasteiger partial charge >= 0.3 is 0 Å². The second-order valence-electron chi connectivity index (χ2n) is 6.27. The minimum atomic E-state index is -3.02. The summed E-state index contributed by atoms with van der Waals surface area (Å²) in [5, 5.41) is 4.37. The standard InChI is InChI=1S/C16H19ClN2O3S/c1-10(2)19-14-4-3-12(17)7-11(14)8-15(19)16(20)18-13-5-6-23(21,22)9-13/h3-4,7-8,10,13H,5-6,9H2,1-2H3,(H,18,20). The number of fused-ring (bicyclic) bond motifs is 1. The summed E-state index contributed by atoms with van der Waals surface area (Å²) in [5.41, 5.74) is 1.47. The molecule has 3 rings (SSSR count). The predicted octanol–water partition coefficient (Wildman–Crippen LogP) is 2.79. The Labute approximate surface area is 140 Å². The van der Waals surface area contributed by atoms with E-state index in [1.54, 1.807) is 12.1 Å². The molecule has 7 heteroatoms. The summed E-state index contributed by atoms with van der Waals surface area (Å²) >= 11 is 6.03. The molecule has 1 unspecified atom stereocenters. The van der Waals surface area contributed by atoms with Gasteiger partial charge in [0.1, 0.15) is 5.69 Å². The van der Waals surface area contributed by atoms with Gasteiger partial charge in [-0.05, 0) is 44.5 Å². The van der Waals surface area contributed by atoms with Gasteiger partial charge in [-0.25, -0.2) is 8.42 Å². The number of hydrogen-bond donors (Lipinski definition) is 1. The summed E-state index contributed by atoms with van der Waals surface area (Å²) in [6, 6.07) is 7.12. The SMILES string of the molecule is CC(C)n1c(C(=O)NC2CCS(=O)(=O)C2)cc2cc(Cl)ccc21. The fourth-order valence-corrected chi connectivity index (χ4v) is 4.96. The van der Waals surface area contributed by atoms with Crippen LogP contribution in [0.15, 0.2) is 24.3 Å². The Morgan fingerprint density at radius 1 is 1.35 bits per heavy atom. The lowest BCUT2D eigenvalue weighted by Gasteiger charge is -2.16. The molecule has 1 N–H and O–H groups in total. The third kappa shape index (κ3) is 3.23. The van der Waals surface area contributed by atoms with Crippen molar-refractivity contribution in [1.82, 2.24) is 9.88 Å². The number of carbonyl (C=O) groups is 1. The molecule has 1 aromatic heterocycles. The molecule has 23 heavy (non-hydrogen) atoms. The van der Waals surface area contributed by atoms with Crippen molar-refractivity contribution in [2.75, 3.05) is 11.5 Å². The smallest absolute Gasteiger partial charge is 0.268 e. The van der Waals surface area contributed by atoms with Gasteiger partial charge in [0.05, 0.1) is 11.5 Å². The monoisotopic (exact) mass is 354 g/mol. The van der Waals surface area contributed by atoms with E-state index >= 15 is 0 Å². The van der Waals surface area contributed by atoms with Crippen molar-refractivity contribution >= 4 is 38.2 Å². The van der Waals surface area contributed by atoms with E-state index in [2.05, 4.69) is 5.32 Å². The van der Waals surface area contributed by atoms with Crippen LogP contribution < -0.4 is 5.32 Å². The molecule has 1 aliphatic heterocycles. The molecule has 1 fully saturated rings. The Balaban J connectivity index is 1.95. The normalized spacial score (nSPS) is 20.3. The van der Waals surface area contributed by atoms with Gasteiger partial charge < -0.3 is 9.88 Å². The molecular weight excluding hydrogens is 336 g/mol. The van der Waals surface area contributed by atoms with Gasteiger partial charge in [-0.2, -0.15) is 0 Å². The lowest BCUT2D eigenvalue weighted by molar-refractivity contribution is 0.0931. The van der Waals surface area contributed by atoms with Crippen LogP contribution in [0.5, 0.6) is 0 Å². The minimum absolute atomic E-state index is 0.0203. The highest BCUT2D eigenvalue weighted by atomic mass is 35.5. The first kappa shape index (κ1) is 16.3. The van der Waals surface area contributed by atoms with Gasteiger partial charge in [-0.1, -0.05) is 11.6 Å². The topological polar surface area (TPSA) is 68.2 Å². The van der Waals surface area contributed by atoms with Crippen molar-refractivity contribution in [3.8, 4) is 0 Å². The summed E-state index contributed by atoms with van der Waals surface area (Å²) < 4.78 is 25.0. The van der Waals surface area contributed by atoms with E-state index in [0.29, 0.717) is 17.1 Å². The maximum atomic E-state index is 12.6. The number of aromatic nitrogens is 1. The first-order valence-corrected chi connectivity index (χ1v) is 9.78. The van der Waals surface area contributed by atoms with Crippen LogP contribution in [0.3, 0.4) is 0 Å². The molecule has 0 saturated carbocycles. The number of rotatable bonds is 3. The van der Waals surface area contributed by atoms with Crippen molar-refractivity contribution in [3.63, 3.8) is 0 Å². The second-order valence-corrected chi connectivity index (χ2v) is 8.94. The van der Waals surface area contributed by atoms with Crippen molar-refractivity contribution < 1.29 is 13.2 Å². The molecule has 1 aliphatic rings. The largest absolute Gasteiger partial charge is 0.347 e. The van der Waals surface area contributed by atoms with Crippen molar-refractivity contribution in [2.24, 2.45) is 0 Å². The van der Waals surface area contributed by atoms with Crippen molar-refractivity contribution in [1.29, 1.82) is 0 Å². The molecule has 0 aliphatic carbocycles. The van der Waals surface area contributed by atoms with Gasteiger partial charge in [0.15, 0.2) is 9.84 Å². The molecule has 124 valence electrons. The summed E-state index contributed by atoms with van der Waals surface area (Å²) in [6.45, 7) is 4.01. The van der Waals surface area contributed by atoms with Crippen LogP contribution in [0.1, 0.15) is 36.8 Å². The molecule has 1 amide bonds. The number of halogens is 1. The number of benzene rings is 1. The third-order valence-electron chi connectivity index (χ3n) is 4.12. The van der Waals surface area contributed by atoms with Gasteiger partial charge in [0, 0.05) is 28.0 Å². The van der Waals surface area contributed by atoms with E-state index in [9.17, 15) is 13.2 Å². The van der Waals surface area contributed by atoms with Gasteiger partial charge in [-0.3, -0.25) is 4.79 Å². The van der Waals surface area contributed by atoms with Crippen LogP contribution in [0, 0.1) is 0 Å². The lowest BCUT2D eigenvalue weighted by Crippen LogP contribution is -2.36. The molecule has 1 saturated heterocycles. The van der Waals surface area contributed by atoms with E-state index < -0.39 is 9.84 Å². The fraction of sp³-hybridized carbons (Fsp3) is 0.438. The van der Waals surface area contributed by atoms with E-state index in [4.69, 9.17) is 11.6 Å². The average Bonchev–Trinajstić information content (AvgIpc) is 2.98. The number of carbonyl (C=O) groups excluding carboxylic acids is 1. The van der Waals surface area contributed by atoms with E-state index in [-0.39, 0.29) is 29.5 Å². The molecule has 0 radical (unpaired) electrons. The van der Waals surface area contributed by atoms with Crippen LogP contribution in [0.4, 0.5) is 0 Å². The summed E-state index contributed by atoms with van der Waals surface area (Å²) in [7, 11) is -3.02. The van der Waals surface area contributed by atoms with Crippen LogP contribution in [0.2, 0.25) is 5.02 Å². The molecule has 0 spiro atoms. The quantitative estimate of drug-likeness (QED) is 0.921. The number of sulfone groups is 1. The van der Waals surface area contributed by atoms with Crippen LogP contribution in [-0.4, -0.2) is 36.4 Å². The first-order valence-electron chi connectivity index (χ1n) is 7.58. The fourth-order valence-electron chi connectivity index (χ4n) is 3.11. The lowest BCUT2D eigenvalue weighted by atomic mass is 10.2. The number of nitrogens with zero attached hydrogens (tertiary/aromatic N) is 1. The van der Waals surface area contributed by atoms with E-state index in [1.807, 2.05) is 30.5 Å². The van der Waals surface area contributed by atoms with Gasteiger partial charge in [-0.15, -0.1) is 0 Å². The van der Waals surface area contributed by atoms with Crippen molar-refractivity contribution in [2.45, 2.75) is 32.4 Å². The molecule has 5 nitrogen and oxygen atoms in total. The summed E-state index contributed by atoms with van der Waals surface area (Å²) in [4.78, 5) is 12.6. The Morgan fingerprint density at radius 2 is 2.09 bits per heavy atom. The van der Waals surface area contributed by atoms with Gasteiger partial charge in [0.2, 0.25) is 0 Å². The van der Waals surface area contributed by atoms with Crippen molar-refractivity contribution in [3.05, 3.63) is 35.0 Å². The van der Waals surface area contributed by atoms with Crippen LogP contribution in [-0.2, 0) is 9.84 Å². The molecule has 1 atom stereocenters. The average molecular weight is 355 g/mol. The Kier molecular flexibility index (Phi) is 4.14. The molecular formula is C16H19ClN2O3S. The Morgan fingerprint density at radius 3 is 2.70 bits per heavy atom. The maximum Gasteiger partial charge on any atom is 0.268 e. The van der Waals surface area contributed by atoms with Crippen LogP contribution >= 0.6 is 11.6 Å². The van der Waals surface area contributed by atoms with Gasteiger partial charge in [0.25, 0.3) is 5.91 Å². The molecule has 1 aromatic carbocycles. The highest BCUT2D eigenvalue weighted by Gasteiger charge is 2.30. The maximum absolute atomic E-state index is 12.6. The zero-order valence-electron chi connectivity index (χ0n) is 13.0. The second kappa shape index (κ2) is 5.83. The van der Waals surface area contributed by atoms with E-state index in [1.165, 1.54) is 0 Å². The number of nitrogens with one attached hydrogen (secondary N) is 1. The Hall–Kier alpha value is -1.53. The third-order valence-corrected chi connectivity index (χ3v) is 6.12. The highest BCUT2D eigenvalue weighted by molar-refractivity contribution is 7.91. The summed E-state index contributed by atoms with van der Waals surface area (Å²) in [6.07, 6.45) is 0.474. The molecule has 2 heterocycles. The van der Waals surface area contributed by atoms with E-state index in [0.717, 1.165) is 10.9 Å². The molecule has 2 aromatic rings. The predicted molar refractivity (Wildman–Crippen MR) is 91.9 cm³/mol. The minimum Gasteiger partial charge on any atom is -0.347 e. The highest BCUT2D eigenvalue weighted by Crippen LogP contribution is 2.27. The molecule has 0 bridgehead atoms. The van der Waals surface area contributed by atoms with Crippen LogP contribution in [0.25, 0.3) is 10.9 Å². The zero-order chi connectivity index (χ0) is 16.8. The summed E-state index contributed by atoms with van der Waals surface area (Å²) in [5.74, 6) is -0.0826.